The summed E-state index contributed by atoms with van der Waals surface area (Å²) >= 11 is 3.22. The Labute approximate surface area is 107 Å². The van der Waals surface area contributed by atoms with Gasteiger partial charge in [-0.15, -0.1) is 0 Å². The summed E-state index contributed by atoms with van der Waals surface area (Å²) in [6, 6.07) is 12.3. The highest BCUT2D eigenvalue weighted by atomic mass is 79.9. The molecule has 2 rings (SSSR count). The van der Waals surface area contributed by atoms with Gasteiger partial charge in [0.05, 0.1) is 0 Å². The first-order chi connectivity index (χ1) is 8.20. The van der Waals surface area contributed by atoms with Gasteiger partial charge in [0.25, 0.3) is 0 Å². The Balaban J connectivity index is 2.36. The van der Waals surface area contributed by atoms with Crippen LogP contribution in [0.5, 0.6) is 0 Å². The average molecular weight is 293 g/mol. The summed E-state index contributed by atoms with van der Waals surface area (Å²) in [5.74, 6) is -0.262. The van der Waals surface area contributed by atoms with Crippen LogP contribution in [-0.4, -0.2) is 6.29 Å². The molecule has 17 heavy (non-hydrogen) atoms. The molecule has 0 atom stereocenters. The maximum Gasteiger partial charge on any atom is 0.132 e. The summed E-state index contributed by atoms with van der Waals surface area (Å²) in [4.78, 5) is 10.4. The molecule has 0 aliphatic rings. The number of hydrogen-bond acceptors (Lipinski definition) is 1. The molecular formula is C14H10BrFO. The van der Waals surface area contributed by atoms with Crippen molar-refractivity contribution in [3.05, 3.63) is 58.3 Å². The molecule has 0 aromatic heterocycles. The van der Waals surface area contributed by atoms with Crippen molar-refractivity contribution >= 4 is 22.2 Å². The predicted octanol–water partition coefficient (Wildman–Crippen LogP) is 4.00. The van der Waals surface area contributed by atoms with Gasteiger partial charge in [-0.3, -0.25) is 0 Å². The molecule has 0 saturated carbocycles. The van der Waals surface area contributed by atoms with E-state index in [1.165, 1.54) is 6.07 Å². The lowest BCUT2D eigenvalue weighted by Crippen LogP contribution is -1.87. The number of carbonyl (C=O) groups excluding carboxylic acids is 1. The number of rotatable bonds is 3. The van der Waals surface area contributed by atoms with E-state index < -0.39 is 0 Å². The molecule has 3 heteroatoms. The molecule has 0 bridgehead atoms. The van der Waals surface area contributed by atoms with Gasteiger partial charge >= 0.3 is 0 Å². The van der Waals surface area contributed by atoms with Crippen molar-refractivity contribution < 1.29 is 9.18 Å². The zero-order valence-corrected chi connectivity index (χ0v) is 10.6. The molecule has 0 N–H and O–H groups in total. The molecule has 0 fully saturated rings. The van der Waals surface area contributed by atoms with Gasteiger partial charge in [-0.25, -0.2) is 4.39 Å². The Bertz CT molecular complexity index is 534. The molecule has 86 valence electrons. The van der Waals surface area contributed by atoms with Crippen LogP contribution in [-0.2, 0) is 11.2 Å². The number of halogens is 2. The molecule has 0 aliphatic heterocycles. The maximum absolute atomic E-state index is 13.7. The van der Waals surface area contributed by atoms with Crippen molar-refractivity contribution in [1.82, 2.24) is 0 Å². The van der Waals surface area contributed by atoms with Gasteiger partial charge in [-0.05, 0) is 23.3 Å². The predicted molar refractivity (Wildman–Crippen MR) is 69.3 cm³/mol. The zero-order chi connectivity index (χ0) is 12.3. The topological polar surface area (TPSA) is 17.1 Å². The van der Waals surface area contributed by atoms with Crippen molar-refractivity contribution in [2.24, 2.45) is 0 Å². The molecule has 0 amide bonds. The van der Waals surface area contributed by atoms with E-state index in [-0.39, 0.29) is 5.82 Å². The van der Waals surface area contributed by atoms with E-state index in [9.17, 15) is 9.18 Å². The van der Waals surface area contributed by atoms with E-state index in [2.05, 4.69) is 15.9 Å². The van der Waals surface area contributed by atoms with E-state index in [4.69, 9.17) is 0 Å². The Hall–Kier alpha value is -1.48. The minimum Gasteiger partial charge on any atom is -0.303 e. The van der Waals surface area contributed by atoms with E-state index in [0.29, 0.717) is 12.0 Å². The van der Waals surface area contributed by atoms with Gasteiger partial charge < -0.3 is 4.79 Å². The summed E-state index contributed by atoms with van der Waals surface area (Å²) in [6.45, 7) is 0. The molecule has 2 aromatic rings. The van der Waals surface area contributed by atoms with Crippen molar-refractivity contribution in [2.75, 3.05) is 0 Å². The quantitative estimate of drug-likeness (QED) is 0.782. The van der Waals surface area contributed by atoms with Crippen LogP contribution < -0.4 is 0 Å². The summed E-state index contributed by atoms with van der Waals surface area (Å²) in [6.07, 6.45) is 1.25. The standard InChI is InChI=1S/C14H10BrFO/c15-12-5-6-13(14(16)9-12)11-3-1-10(2-4-11)7-8-17/h1-6,8-9H,7H2. The fourth-order valence-corrected chi connectivity index (χ4v) is 1.97. The van der Waals surface area contributed by atoms with Crippen LogP contribution in [0.25, 0.3) is 11.1 Å². The van der Waals surface area contributed by atoms with Crippen LogP contribution >= 0.6 is 15.9 Å². The summed E-state index contributed by atoms with van der Waals surface area (Å²) in [5.41, 5.74) is 2.30. The Kier molecular flexibility index (Phi) is 3.69. The molecule has 0 unspecified atom stereocenters. The molecule has 2 aromatic carbocycles. The normalized spacial score (nSPS) is 10.2. The second kappa shape index (κ2) is 5.23. The molecular weight excluding hydrogens is 283 g/mol. The fourth-order valence-electron chi connectivity index (χ4n) is 1.64. The first-order valence-electron chi connectivity index (χ1n) is 5.18. The highest BCUT2D eigenvalue weighted by molar-refractivity contribution is 9.10. The van der Waals surface area contributed by atoms with Crippen LogP contribution in [0.2, 0.25) is 0 Å². The van der Waals surface area contributed by atoms with E-state index in [1.807, 2.05) is 24.3 Å². The van der Waals surface area contributed by atoms with Crippen LogP contribution in [0.4, 0.5) is 4.39 Å². The van der Waals surface area contributed by atoms with Gasteiger partial charge in [-0.1, -0.05) is 46.3 Å². The van der Waals surface area contributed by atoms with Gasteiger partial charge in [-0.2, -0.15) is 0 Å². The molecule has 0 saturated heterocycles. The molecule has 0 aliphatic carbocycles. The Morgan fingerprint density at radius 1 is 1.12 bits per heavy atom. The van der Waals surface area contributed by atoms with Crippen molar-refractivity contribution in [3.8, 4) is 11.1 Å². The van der Waals surface area contributed by atoms with Crippen molar-refractivity contribution in [3.63, 3.8) is 0 Å². The van der Waals surface area contributed by atoms with Crippen molar-refractivity contribution in [2.45, 2.75) is 6.42 Å². The van der Waals surface area contributed by atoms with Crippen LogP contribution in [0.1, 0.15) is 5.56 Å². The molecule has 0 radical (unpaired) electrons. The second-order valence-corrected chi connectivity index (χ2v) is 4.61. The van der Waals surface area contributed by atoms with Crippen LogP contribution in [0.3, 0.4) is 0 Å². The summed E-state index contributed by atoms with van der Waals surface area (Å²) in [5, 5.41) is 0. The third-order valence-corrected chi connectivity index (χ3v) is 3.01. The maximum atomic E-state index is 13.7. The minimum absolute atomic E-state index is 0.262. The SMILES string of the molecule is O=CCc1ccc(-c2ccc(Br)cc2F)cc1. The van der Waals surface area contributed by atoms with E-state index in [1.54, 1.807) is 12.1 Å². The largest absolute Gasteiger partial charge is 0.303 e. The number of aldehydes is 1. The van der Waals surface area contributed by atoms with Crippen molar-refractivity contribution in [1.29, 1.82) is 0 Å². The minimum atomic E-state index is -0.262. The smallest absolute Gasteiger partial charge is 0.132 e. The Morgan fingerprint density at radius 2 is 1.82 bits per heavy atom. The number of carbonyl (C=O) groups is 1. The fraction of sp³-hybridized carbons (Fsp3) is 0.0714. The highest BCUT2D eigenvalue weighted by Gasteiger charge is 2.05. The summed E-state index contributed by atoms with van der Waals surface area (Å²) < 4.78 is 14.4. The lowest BCUT2D eigenvalue weighted by Gasteiger charge is -2.04. The highest BCUT2D eigenvalue weighted by Crippen LogP contribution is 2.25. The zero-order valence-electron chi connectivity index (χ0n) is 8.99. The second-order valence-electron chi connectivity index (χ2n) is 3.69. The number of hydrogen-bond donors (Lipinski definition) is 0. The third kappa shape index (κ3) is 2.80. The van der Waals surface area contributed by atoms with Gasteiger partial charge in [0.2, 0.25) is 0 Å². The first kappa shape index (κ1) is 12.0. The third-order valence-electron chi connectivity index (χ3n) is 2.52. The lowest BCUT2D eigenvalue weighted by atomic mass is 10.0. The molecule has 1 nitrogen and oxygen atoms in total. The van der Waals surface area contributed by atoms with Gasteiger partial charge in [0.1, 0.15) is 12.1 Å². The van der Waals surface area contributed by atoms with Gasteiger partial charge in [0.15, 0.2) is 0 Å². The Morgan fingerprint density at radius 3 is 2.41 bits per heavy atom. The number of benzene rings is 2. The lowest BCUT2D eigenvalue weighted by molar-refractivity contribution is -0.107. The monoisotopic (exact) mass is 292 g/mol. The average Bonchev–Trinajstić information content (AvgIpc) is 2.31. The van der Waals surface area contributed by atoms with E-state index >= 15 is 0 Å². The van der Waals surface area contributed by atoms with Crippen LogP contribution in [0.15, 0.2) is 46.9 Å². The van der Waals surface area contributed by atoms with E-state index in [0.717, 1.165) is 21.9 Å². The van der Waals surface area contributed by atoms with Gasteiger partial charge in [0, 0.05) is 16.5 Å². The molecule has 0 spiro atoms. The molecule has 0 heterocycles. The summed E-state index contributed by atoms with van der Waals surface area (Å²) in [7, 11) is 0. The first-order valence-corrected chi connectivity index (χ1v) is 5.98. The van der Waals surface area contributed by atoms with Crippen LogP contribution in [0, 0.1) is 5.82 Å².